The molecule has 5 nitrogen and oxygen atoms in total. The molecule has 0 radical (unpaired) electrons. The number of para-hydroxylation sites is 3. The van der Waals surface area contributed by atoms with Gasteiger partial charge in [0.2, 0.25) is 11.7 Å². The van der Waals surface area contributed by atoms with Gasteiger partial charge < -0.3 is 0 Å². The molecule has 0 atom stereocenters. The second kappa shape index (κ2) is 14.2. The number of imidazole rings is 2. The minimum atomic E-state index is -2.35. The molecule has 0 fully saturated rings. The maximum absolute atomic E-state index is 8.35. The summed E-state index contributed by atoms with van der Waals surface area (Å²) in [6.45, 7) is -2.35. The lowest BCUT2D eigenvalue weighted by Gasteiger charge is -2.28. The molecule has 0 aliphatic carbocycles. The molecule has 0 spiro atoms. The zero-order valence-corrected chi connectivity index (χ0v) is 31.9. The largest absolute Gasteiger partial charge is 0.276 e. The van der Waals surface area contributed by atoms with Crippen LogP contribution in [0.3, 0.4) is 0 Å². The van der Waals surface area contributed by atoms with E-state index in [-0.39, 0.29) is 5.56 Å². The van der Waals surface area contributed by atoms with Gasteiger partial charge in [0.15, 0.2) is 0 Å². The number of aryl methyl sites for hydroxylation is 1. The van der Waals surface area contributed by atoms with Gasteiger partial charge in [0.25, 0.3) is 0 Å². The zero-order chi connectivity index (χ0) is 41.8. The van der Waals surface area contributed by atoms with Gasteiger partial charge >= 0.3 is 0 Å². The molecule has 3 heterocycles. The van der Waals surface area contributed by atoms with Gasteiger partial charge in [0.1, 0.15) is 0 Å². The van der Waals surface area contributed by atoms with E-state index in [2.05, 4.69) is 152 Å². The van der Waals surface area contributed by atoms with Crippen molar-refractivity contribution in [1.82, 2.24) is 23.9 Å². The van der Waals surface area contributed by atoms with Crippen LogP contribution in [0.4, 0.5) is 0 Å². The third-order valence-corrected chi connectivity index (χ3v) is 11.1. The molecule has 59 heavy (non-hydrogen) atoms. The van der Waals surface area contributed by atoms with Crippen molar-refractivity contribution in [3.05, 3.63) is 212 Å². The van der Waals surface area contributed by atoms with E-state index in [4.69, 9.17) is 19.1 Å². The lowest BCUT2D eigenvalue weighted by Crippen LogP contribution is -2.06. The first-order valence-corrected chi connectivity index (χ1v) is 19.7. The van der Waals surface area contributed by atoms with Crippen LogP contribution in [0.2, 0.25) is 0 Å². The predicted octanol–water partition coefficient (Wildman–Crippen LogP) is 13.5. The molecule has 0 saturated heterocycles. The van der Waals surface area contributed by atoms with E-state index < -0.39 is 6.85 Å². The average molecular weight is 759 g/mol. The zero-order valence-electron chi connectivity index (χ0n) is 34.9. The molecule has 11 aromatic rings. The Hall–Kier alpha value is -7.89. The molecule has 0 aliphatic heterocycles. The summed E-state index contributed by atoms with van der Waals surface area (Å²) in [5, 5.41) is 0. The first-order chi connectivity index (χ1) is 30.5. The molecule has 0 unspecified atom stereocenters. The smallest absolute Gasteiger partial charge is 0.237 e. The van der Waals surface area contributed by atoms with Crippen LogP contribution >= 0.6 is 0 Å². The molecule has 3 aromatic heterocycles. The van der Waals surface area contributed by atoms with E-state index in [1.54, 1.807) is 12.1 Å². The number of hydrogen-bond acceptors (Lipinski definition) is 3. The van der Waals surface area contributed by atoms with E-state index in [0.717, 1.165) is 77.9 Å². The van der Waals surface area contributed by atoms with Gasteiger partial charge in [0.05, 0.1) is 27.8 Å². The number of rotatable bonds is 7. The Morgan fingerprint density at radius 3 is 1.29 bits per heavy atom. The minimum absolute atomic E-state index is 0.199. The standard InChI is InChI=1S/C54H37N5/c1-36-20-19-33-45-52(36)57-54-58(45)43-31-17-18-32-44(43)59(54)53-55-35-34-42(56-53)51-49(40-27-13-5-14-28-40)47(38-23-9-3-10-24-38)46(37-21-7-2-8-22-37)48(39-25-11-4-12-26-39)50(51)41-29-15-6-16-30-41/h2-35H,1H3/i1D3. The first-order valence-electron chi connectivity index (χ1n) is 21.2. The second-order valence-corrected chi connectivity index (χ2v) is 14.6. The summed E-state index contributed by atoms with van der Waals surface area (Å²) in [6.07, 6.45) is 1.82. The van der Waals surface area contributed by atoms with Gasteiger partial charge in [-0.25, -0.2) is 19.5 Å². The topological polar surface area (TPSA) is 48.0 Å². The maximum Gasteiger partial charge on any atom is 0.237 e. The molecule has 5 heteroatoms. The van der Waals surface area contributed by atoms with E-state index in [1.165, 1.54) is 0 Å². The van der Waals surface area contributed by atoms with Crippen molar-refractivity contribution in [2.75, 3.05) is 0 Å². The second-order valence-electron chi connectivity index (χ2n) is 14.6. The monoisotopic (exact) mass is 758 g/mol. The van der Waals surface area contributed by atoms with Crippen molar-refractivity contribution in [2.24, 2.45) is 0 Å². The highest BCUT2D eigenvalue weighted by atomic mass is 15.3. The number of aromatic nitrogens is 5. The normalized spacial score (nSPS) is 12.4. The highest BCUT2D eigenvalue weighted by Crippen LogP contribution is 2.55. The van der Waals surface area contributed by atoms with Gasteiger partial charge in [-0.15, -0.1) is 0 Å². The van der Waals surface area contributed by atoms with Gasteiger partial charge in [-0.2, -0.15) is 0 Å². The van der Waals surface area contributed by atoms with Crippen molar-refractivity contribution in [3.63, 3.8) is 0 Å². The molecule has 0 N–H and O–H groups in total. The van der Waals surface area contributed by atoms with Gasteiger partial charge in [-0.05, 0) is 81.2 Å². The number of benzene rings is 8. The third-order valence-electron chi connectivity index (χ3n) is 11.1. The van der Waals surface area contributed by atoms with Crippen LogP contribution in [-0.4, -0.2) is 23.9 Å². The fraction of sp³-hybridized carbons (Fsp3) is 0.0185. The van der Waals surface area contributed by atoms with Crippen molar-refractivity contribution in [2.45, 2.75) is 6.85 Å². The molecule has 11 rings (SSSR count). The Morgan fingerprint density at radius 2 is 0.814 bits per heavy atom. The van der Waals surface area contributed by atoms with Gasteiger partial charge in [-0.1, -0.05) is 176 Å². The fourth-order valence-corrected chi connectivity index (χ4v) is 8.69. The molecular formula is C54H37N5. The molecule has 8 aromatic carbocycles. The van der Waals surface area contributed by atoms with Crippen LogP contribution in [0.25, 0.3) is 101 Å². The number of nitrogens with zero attached hydrogens (tertiary/aromatic N) is 5. The van der Waals surface area contributed by atoms with Crippen LogP contribution in [0.15, 0.2) is 206 Å². The van der Waals surface area contributed by atoms with Crippen LogP contribution in [-0.2, 0) is 0 Å². The van der Waals surface area contributed by atoms with Gasteiger partial charge in [-0.3, -0.25) is 4.40 Å². The van der Waals surface area contributed by atoms with E-state index >= 15 is 0 Å². The molecule has 278 valence electrons. The third kappa shape index (κ3) is 5.66. The number of hydrogen-bond donors (Lipinski definition) is 0. The molecular weight excluding hydrogens is 719 g/mol. The average Bonchev–Trinajstić information content (AvgIpc) is 3.86. The minimum Gasteiger partial charge on any atom is -0.276 e. The Kier molecular flexibility index (Phi) is 7.54. The predicted molar refractivity (Wildman–Crippen MR) is 242 cm³/mol. The van der Waals surface area contributed by atoms with Crippen LogP contribution in [0.1, 0.15) is 9.68 Å². The van der Waals surface area contributed by atoms with Crippen molar-refractivity contribution in [1.29, 1.82) is 0 Å². The summed E-state index contributed by atoms with van der Waals surface area (Å²) in [4.78, 5) is 15.6. The molecule has 0 amide bonds. The van der Waals surface area contributed by atoms with E-state index in [1.807, 2.05) is 51.6 Å². The van der Waals surface area contributed by atoms with Crippen molar-refractivity contribution < 1.29 is 4.11 Å². The first kappa shape index (κ1) is 31.2. The Morgan fingerprint density at radius 1 is 0.390 bits per heavy atom. The summed E-state index contributed by atoms with van der Waals surface area (Å²) in [6, 6.07) is 68.5. The summed E-state index contributed by atoms with van der Waals surface area (Å²) in [7, 11) is 0. The highest BCUT2D eigenvalue weighted by Gasteiger charge is 2.30. The molecule has 0 saturated carbocycles. The van der Waals surface area contributed by atoms with Crippen LogP contribution in [0.5, 0.6) is 0 Å². The Labute approximate surface area is 346 Å². The summed E-state index contributed by atoms with van der Waals surface area (Å²) < 4.78 is 29.0. The van der Waals surface area contributed by atoms with Crippen molar-refractivity contribution in [3.8, 4) is 72.8 Å². The molecule has 0 bridgehead atoms. The summed E-state index contributed by atoms with van der Waals surface area (Å²) in [5.74, 6) is 0.933. The fourth-order valence-electron chi connectivity index (χ4n) is 8.69. The Bertz CT molecular complexity index is 3310. The van der Waals surface area contributed by atoms with E-state index in [9.17, 15) is 0 Å². The maximum atomic E-state index is 8.35. The lowest BCUT2D eigenvalue weighted by atomic mass is 9.75. The Balaban J connectivity index is 1.32. The summed E-state index contributed by atoms with van der Waals surface area (Å²) in [5.41, 5.74) is 15.4. The lowest BCUT2D eigenvalue weighted by molar-refractivity contribution is 0.969. The van der Waals surface area contributed by atoms with Crippen LogP contribution < -0.4 is 0 Å². The quantitative estimate of drug-likeness (QED) is 0.163. The number of fused-ring (bicyclic) bond motifs is 5. The highest BCUT2D eigenvalue weighted by molar-refractivity contribution is 6.14. The van der Waals surface area contributed by atoms with Crippen LogP contribution in [0, 0.1) is 6.85 Å². The van der Waals surface area contributed by atoms with Crippen molar-refractivity contribution >= 4 is 27.8 Å². The molecule has 0 aliphatic rings. The summed E-state index contributed by atoms with van der Waals surface area (Å²) >= 11 is 0. The SMILES string of the molecule is [2H]C([2H])([2H])c1cccc2c1nc1n(-c3nccc(-c4c(-c5ccccc5)c(-c5ccccc5)c(-c5ccccc5)c(-c5ccccc5)c4-c4ccccc4)n3)c3ccccc3n21. The van der Waals surface area contributed by atoms with Gasteiger partial charge in [0, 0.05) is 27.0 Å². The van der Waals surface area contributed by atoms with E-state index in [0.29, 0.717) is 22.8 Å².